The molecule has 0 spiro atoms. The number of rotatable bonds is 5. The number of fused-ring (bicyclic) bond motifs is 1. The molecule has 3 rings (SSSR count). The Kier molecular flexibility index (Phi) is 4.96. The molecule has 0 aliphatic carbocycles. The predicted molar refractivity (Wildman–Crippen MR) is 96.6 cm³/mol. The molecule has 1 aromatic heterocycles. The van der Waals surface area contributed by atoms with Crippen molar-refractivity contribution in [1.29, 1.82) is 0 Å². The fourth-order valence-corrected chi connectivity index (χ4v) is 2.70. The highest BCUT2D eigenvalue weighted by molar-refractivity contribution is 9.10. The van der Waals surface area contributed by atoms with Crippen LogP contribution in [0.2, 0.25) is 0 Å². The third-order valence-corrected chi connectivity index (χ3v) is 3.90. The van der Waals surface area contributed by atoms with E-state index < -0.39 is 5.91 Å². The molecule has 0 fully saturated rings. The lowest BCUT2D eigenvalue weighted by atomic mass is 10.2. The number of benzene rings is 2. The number of furan rings is 1. The number of para-hydroxylation sites is 1. The van der Waals surface area contributed by atoms with Crippen molar-refractivity contribution in [2.45, 2.75) is 6.92 Å². The Morgan fingerprint density at radius 1 is 1.29 bits per heavy atom. The number of amides is 1. The molecule has 122 valence electrons. The van der Waals surface area contributed by atoms with Gasteiger partial charge in [0.25, 0.3) is 0 Å². The van der Waals surface area contributed by atoms with Crippen LogP contribution in [0.25, 0.3) is 11.0 Å². The van der Waals surface area contributed by atoms with Crippen LogP contribution in [0.15, 0.2) is 62.5 Å². The highest BCUT2D eigenvalue weighted by Crippen LogP contribution is 2.25. The summed E-state index contributed by atoms with van der Waals surface area (Å²) in [6.07, 6.45) is 1.56. The van der Waals surface area contributed by atoms with E-state index in [4.69, 9.17) is 9.15 Å². The lowest BCUT2D eigenvalue weighted by Crippen LogP contribution is -2.16. The van der Waals surface area contributed by atoms with Crippen LogP contribution in [-0.2, 0) is 0 Å². The van der Waals surface area contributed by atoms with E-state index in [-0.39, 0.29) is 5.76 Å². The fraction of sp³-hybridized carbons (Fsp3) is 0.111. The van der Waals surface area contributed by atoms with Crippen molar-refractivity contribution in [1.82, 2.24) is 5.43 Å². The van der Waals surface area contributed by atoms with Crippen molar-refractivity contribution < 1.29 is 13.9 Å². The molecular weight excluding hydrogens is 372 g/mol. The van der Waals surface area contributed by atoms with E-state index >= 15 is 0 Å². The zero-order valence-corrected chi connectivity index (χ0v) is 14.5. The maximum absolute atomic E-state index is 12.1. The molecule has 1 N–H and O–H groups in total. The maximum Gasteiger partial charge on any atom is 0.307 e. The molecule has 0 aliphatic heterocycles. The van der Waals surface area contributed by atoms with E-state index in [1.807, 2.05) is 49.4 Å². The first-order valence-corrected chi connectivity index (χ1v) is 8.21. The molecule has 2 aromatic carbocycles. The number of carbonyl (C=O) groups excluding carboxylic acids is 1. The Hall–Kier alpha value is -2.60. The molecule has 0 radical (unpaired) electrons. The molecule has 6 heteroatoms. The average molecular weight is 387 g/mol. The van der Waals surface area contributed by atoms with Gasteiger partial charge in [0.05, 0.1) is 17.3 Å². The molecule has 1 amide bonds. The van der Waals surface area contributed by atoms with Gasteiger partial charge in [0, 0.05) is 5.39 Å². The molecule has 0 saturated heterocycles. The van der Waals surface area contributed by atoms with Crippen molar-refractivity contribution in [3.05, 3.63) is 64.3 Å². The smallest absolute Gasteiger partial charge is 0.307 e. The van der Waals surface area contributed by atoms with E-state index in [2.05, 4.69) is 26.5 Å². The zero-order chi connectivity index (χ0) is 16.9. The largest absolute Gasteiger partial charge is 0.493 e. The molecule has 0 aliphatic rings. The van der Waals surface area contributed by atoms with Crippen molar-refractivity contribution in [2.75, 3.05) is 6.61 Å². The second-order valence-corrected chi connectivity index (χ2v) is 5.82. The Morgan fingerprint density at radius 3 is 2.88 bits per heavy atom. The van der Waals surface area contributed by atoms with E-state index in [1.165, 1.54) is 0 Å². The number of hydrogen-bond acceptors (Lipinski definition) is 4. The third kappa shape index (κ3) is 3.65. The lowest BCUT2D eigenvalue weighted by molar-refractivity contribution is 0.0929. The number of hydrazone groups is 1. The van der Waals surface area contributed by atoms with Crippen LogP contribution in [0.3, 0.4) is 0 Å². The Labute approximate surface area is 147 Å². The fourth-order valence-electron chi connectivity index (χ4n) is 2.18. The predicted octanol–water partition coefficient (Wildman–Crippen LogP) is 4.36. The molecular formula is C18H15BrN2O3. The van der Waals surface area contributed by atoms with Gasteiger partial charge < -0.3 is 9.15 Å². The molecule has 5 nitrogen and oxygen atoms in total. The normalized spacial score (nSPS) is 11.1. The summed E-state index contributed by atoms with van der Waals surface area (Å²) in [6, 6.07) is 14.7. The van der Waals surface area contributed by atoms with E-state index in [1.54, 1.807) is 12.3 Å². The van der Waals surface area contributed by atoms with Crippen LogP contribution in [0.4, 0.5) is 0 Å². The first-order chi connectivity index (χ1) is 11.7. The highest BCUT2D eigenvalue weighted by atomic mass is 79.9. The van der Waals surface area contributed by atoms with E-state index in [9.17, 15) is 4.79 Å². The highest BCUT2D eigenvalue weighted by Gasteiger charge is 2.10. The van der Waals surface area contributed by atoms with Crippen molar-refractivity contribution in [3.8, 4) is 5.75 Å². The van der Waals surface area contributed by atoms with Crippen LogP contribution >= 0.6 is 15.9 Å². The Morgan fingerprint density at radius 2 is 2.12 bits per heavy atom. The first kappa shape index (κ1) is 16.3. The van der Waals surface area contributed by atoms with Crippen LogP contribution in [0, 0.1) is 0 Å². The number of nitrogens with zero attached hydrogens (tertiary/aromatic N) is 1. The second-order valence-electron chi connectivity index (χ2n) is 4.97. The average Bonchev–Trinajstić information content (AvgIpc) is 3.01. The molecule has 24 heavy (non-hydrogen) atoms. The van der Waals surface area contributed by atoms with Gasteiger partial charge in [-0.3, -0.25) is 4.79 Å². The SMILES string of the molecule is CCOc1ccc(/C=N\NC(=O)c2cc3ccccc3o2)cc1Br. The van der Waals surface area contributed by atoms with Crippen molar-refractivity contribution in [3.63, 3.8) is 0 Å². The van der Waals surface area contributed by atoms with Crippen LogP contribution in [0.5, 0.6) is 5.75 Å². The second kappa shape index (κ2) is 7.31. The van der Waals surface area contributed by atoms with Gasteiger partial charge >= 0.3 is 5.91 Å². The van der Waals surface area contributed by atoms with Crippen molar-refractivity contribution >= 4 is 39.0 Å². The van der Waals surface area contributed by atoms with Gasteiger partial charge in [-0.25, -0.2) is 5.43 Å². The van der Waals surface area contributed by atoms with Gasteiger partial charge in [-0.1, -0.05) is 18.2 Å². The summed E-state index contributed by atoms with van der Waals surface area (Å²) in [5, 5.41) is 4.84. The monoisotopic (exact) mass is 386 g/mol. The van der Waals surface area contributed by atoms with Gasteiger partial charge in [-0.05, 0) is 58.7 Å². The third-order valence-electron chi connectivity index (χ3n) is 3.28. The van der Waals surface area contributed by atoms with Crippen molar-refractivity contribution in [2.24, 2.45) is 5.10 Å². The van der Waals surface area contributed by atoms with E-state index in [0.29, 0.717) is 12.2 Å². The van der Waals surface area contributed by atoms with Gasteiger partial charge in [0.15, 0.2) is 5.76 Å². The lowest BCUT2D eigenvalue weighted by Gasteiger charge is -2.05. The quantitative estimate of drug-likeness (QED) is 0.523. The molecule has 0 bridgehead atoms. The Balaban J connectivity index is 1.67. The molecule has 0 unspecified atom stereocenters. The standard InChI is InChI=1S/C18H15BrN2O3/c1-2-23-16-8-7-12(9-14(16)19)11-20-21-18(22)17-10-13-5-3-4-6-15(13)24-17/h3-11H,2H2,1H3,(H,21,22)/b20-11-. The summed E-state index contributed by atoms with van der Waals surface area (Å²) < 4.78 is 11.8. The van der Waals surface area contributed by atoms with Crippen LogP contribution in [-0.4, -0.2) is 18.7 Å². The maximum atomic E-state index is 12.1. The summed E-state index contributed by atoms with van der Waals surface area (Å²) in [5.74, 6) is 0.592. The zero-order valence-electron chi connectivity index (χ0n) is 13.0. The number of carbonyl (C=O) groups is 1. The van der Waals surface area contributed by atoms with Gasteiger partial charge in [0.1, 0.15) is 11.3 Å². The van der Waals surface area contributed by atoms with Gasteiger partial charge in [-0.15, -0.1) is 0 Å². The molecule has 1 heterocycles. The molecule has 3 aromatic rings. The van der Waals surface area contributed by atoms with Gasteiger partial charge in [-0.2, -0.15) is 5.10 Å². The summed E-state index contributed by atoms with van der Waals surface area (Å²) >= 11 is 3.44. The topological polar surface area (TPSA) is 63.8 Å². The first-order valence-electron chi connectivity index (χ1n) is 7.41. The van der Waals surface area contributed by atoms with E-state index in [0.717, 1.165) is 21.2 Å². The Bertz CT molecular complexity index is 869. The van der Waals surface area contributed by atoms with Gasteiger partial charge in [0.2, 0.25) is 0 Å². The summed E-state index contributed by atoms with van der Waals surface area (Å²) in [5.41, 5.74) is 3.96. The van der Waals surface area contributed by atoms with Crippen LogP contribution < -0.4 is 10.2 Å². The molecule has 0 saturated carbocycles. The minimum Gasteiger partial charge on any atom is -0.493 e. The minimum atomic E-state index is -0.396. The summed E-state index contributed by atoms with van der Waals surface area (Å²) in [6.45, 7) is 2.52. The molecule has 0 atom stereocenters. The summed E-state index contributed by atoms with van der Waals surface area (Å²) in [7, 11) is 0. The number of nitrogens with one attached hydrogen (secondary N) is 1. The summed E-state index contributed by atoms with van der Waals surface area (Å²) in [4.78, 5) is 12.1. The minimum absolute atomic E-state index is 0.223. The number of ether oxygens (including phenoxy) is 1. The number of hydrogen-bond donors (Lipinski definition) is 1. The number of halogens is 1. The van der Waals surface area contributed by atoms with Crippen LogP contribution in [0.1, 0.15) is 23.0 Å².